The van der Waals surface area contributed by atoms with Crippen molar-refractivity contribution in [1.82, 2.24) is 15.0 Å². The van der Waals surface area contributed by atoms with Crippen LogP contribution in [-0.4, -0.2) is 39.8 Å². The van der Waals surface area contributed by atoms with Crippen LogP contribution in [0.25, 0.3) is 0 Å². The molecule has 1 aliphatic heterocycles. The van der Waals surface area contributed by atoms with Crippen LogP contribution in [0.4, 0.5) is 0 Å². The molecule has 0 radical (unpaired) electrons. The van der Waals surface area contributed by atoms with Gasteiger partial charge in [-0.2, -0.15) is 4.98 Å². The molecule has 1 aromatic carbocycles. The van der Waals surface area contributed by atoms with Crippen LogP contribution in [0.5, 0.6) is 0 Å². The van der Waals surface area contributed by atoms with Crippen LogP contribution in [-0.2, 0) is 0 Å². The summed E-state index contributed by atoms with van der Waals surface area (Å²) in [4.78, 5) is 6.57. The van der Waals surface area contributed by atoms with Crippen molar-refractivity contribution in [2.24, 2.45) is 0 Å². The Balaban J connectivity index is 1.55. The van der Waals surface area contributed by atoms with E-state index in [1.165, 1.54) is 0 Å². The molecule has 1 saturated heterocycles. The standard InChI is InChI=1S/C16H20ClN3O2/c1-11-18-16(22-19-11)12-6-8-20(9-7-12)10-15(21)13-4-2-3-5-14(13)17/h2-5,12,15,21H,6-10H2,1H3. The Morgan fingerprint density at radius 1 is 1.36 bits per heavy atom. The Kier molecular flexibility index (Phi) is 4.76. The van der Waals surface area contributed by atoms with E-state index in [9.17, 15) is 5.11 Å². The molecule has 5 nitrogen and oxygen atoms in total. The SMILES string of the molecule is Cc1noc(C2CCN(CC(O)c3ccccc3Cl)CC2)n1. The van der Waals surface area contributed by atoms with E-state index in [0.29, 0.717) is 23.3 Å². The molecule has 0 spiro atoms. The lowest BCUT2D eigenvalue weighted by atomic mass is 9.96. The van der Waals surface area contributed by atoms with Gasteiger partial charge in [0.2, 0.25) is 5.89 Å². The number of aromatic nitrogens is 2. The lowest BCUT2D eigenvalue weighted by Crippen LogP contribution is -2.36. The number of piperidine rings is 1. The smallest absolute Gasteiger partial charge is 0.229 e. The first-order valence-electron chi connectivity index (χ1n) is 7.58. The maximum Gasteiger partial charge on any atom is 0.229 e. The second-order valence-corrected chi connectivity index (χ2v) is 6.20. The summed E-state index contributed by atoms with van der Waals surface area (Å²) < 4.78 is 5.26. The highest BCUT2D eigenvalue weighted by atomic mass is 35.5. The van der Waals surface area contributed by atoms with Crippen LogP contribution in [0.2, 0.25) is 5.02 Å². The van der Waals surface area contributed by atoms with Gasteiger partial charge < -0.3 is 14.5 Å². The van der Waals surface area contributed by atoms with E-state index in [-0.39, 0.29) is 0 Å². The first kappa shape index (κ1) is 15.5. The number of halogens is 1. The predicted molar refractivity (Wildman–Crippen MR) is 83.9 cm³/mol. The van der Waals surface area contributed by atoms with Crippen LogP contribution in [0.3, 0.4) is 0 Å². The van der Waals surface area contributed by atoms with Crippen molar-refractivity contribution in [3.8, 4) is 0 Å². The molecule has 1 unspecified atom stereocenters. The fourth-order valence-electron chi connectivity index (χ4n) is 2.93. The van der Waals surface area contributed by atoms with E-state index >= 15 is 0 Å². The Labute approximate surface area is 134 Å². The van der Waals surface area contributed by atoms with Crippen LogP contribution in [0.1, 0.15) is 42.1 Å². The molecule has 3 rings (SSSR count). The molecule has 22 heavy (non-hydrogen) atoms. The number of likely N-dealkylation sites (tertiary alicyclic amines) is 1. The number of benzene rings is 1. The molecular formula is C16H20ClN3O2. The molecule has 1 atom stereocenters. The topological polar surface area (TPSA) is 62.4 Å². The van der Waals surface area contributed by atoms with Crippen LogP contribution in [0, 0.1) is 6.92 Å². The molecule has 2 aromatic rings. The molecule has 2 heterocycles. The molecule has 118 valence electrons. The summed E-state index contributed by atoms with van der Waals surface area (Å²) in [6.07, 6.45) is 1.38. The second-order valence-electron chi connectivity index (χ2n) is 5.79. The minimum absolute atomic E-state index is 0.329. The molecule has 1 aliphatic rings. The number of rotatable bonds is 4. The number of hydrogen-bond acceptors (Lipinski definition) is 5. The fourth-order valence-corrected chi connectivity index (χ4v) is 3.19. The molecular weight excluding hydrogens is 302 g/mol. The molecule has 0 aliphatic carbocycles. The Morgan fingerprint density at radius 3 is 2.73 bits per heavy atom. The zero-order valence-electron chi connectivity index (χ0n) is 12.6. The molecule has 1 aromatic heterocycles. The Bertz CT molecular complexity index is 623. The highest BCUT2D eigenvalue weighted by Crippen LogP contribution is 2.29. The van der Waals surface area contributed by atoms with Gasteiger partial charge in [0, 0.05) is 23.0 Å². The number of nitrogens with zero attached hydrogens (tertiary/aromatic N) is 3. The van der Waals surface area contributed by atoms with E-state index < -0.39 is 6.10 Å². The third-order valence-electron chi connectivity index (χ3n) is 4.18. The van der Waals surface area contributed by atoms with Crippen molar-refractivity contribution < 1.29 is 9.63 Å². The van der Waals surface area contributed by atoms with Crippen molar-refractivity contribution in [2.45, 2.75) is 31.8 Å². The largest absolute Gasteiger partial charge is 0.387 e. The minimum atomic E-state index is -0.559. The van der Waals surface area contributed by atoms with Gasteiger partial charge in [-0.15, -0.1) is 0 Å². The van der Waals surface area contributed by atoms with Gasteiger partial charge in [-0.05, 0) is 38.9 Å². The summed E-state index contributed by atoms with van der Waals surface area (Å²) in [7, 11) is 0. The fraction of sp³-hybridized carbons (Fsp3) is 0.500. The van der Waals surface area contributed by atoms with Gasteiger partial charge in [0.05, 0.1) is 6.10 Å². The van der Waals surface area contributed by atoms with Crippen molar-refractivity contribution in [3.63, 3.8) is 0 Å². The van der Waals surface area contributed by atoms with Gasteiger partial charge >= 0.3 is 0 Å². The number of β-amino-alcohol motifs (C(OH)–C–C–N with tert-alkyl or cyclic N) is 1. The number of aliphatic hydroxyl groups excluding tert-OH is 1. The first-order valence-corrected chi connectivity index (χ1v) is 7.96. The third-order valence-corrected chi connectivity index (χ3v) is 4.52. The van der Waals surface area contributed by atoms with E-state index in [2.05, 4.69) is 15.0 Å². The Morgan fingerprint density at radius 2 is 2.09 bits per heavy atom. The summed E-state index contributed by atoms with van der Waals surface area (Å²) >= 11 is 6.14. The van der Waals surface area contributed by atoms with Gasteiger partial charge in [0.15, 0.2) is 5.82 Å². The first-order chi connectivity index (χ1) is 10.6. The van der Waals surface area contributed by atoms with Crippen molar-refractivity contribution in [1.29, 1.82) is 0 Å². The average Bonchev–Trinajstić information content (AvgIpc) is 2.95. The van der Waals surface area contributed by atoms with Crippen LogP contribution >= 0.6 is 11.6 Å². The normalized spacial score (nSPS) is 18.5. The summed E-state index contributed by atoms with van der Waals surface area (Å²) in [6.45, 7) is 4.25. The van der Waals surface area contributed by atoms with Gasteiger partial charge in [0.25, 0.3) is 0 Å². The van der Waals surface area contributed by atoms with E-state index in [0.717, 1.165) is 37.4 Å². The maximum atomic E-state index is 10.4. The molecule has 1 fully saturated rings. The van der Waals surface area contributed by atoms with Crippen LogP contribution in [0.15, 0.2) is 28.8 Å². The zero-order chi connectivity index (χ0) is 15.5. The maximum absolute atomic E-state index is 10.4. The van der Waals surface area contributed by atoms with Crippen molar-refractivity contribution in [2.75, 3.05) is 19.6 Å². The lowest BCUT2D eigenvalue weighted by Gasteiger charge is -2.31. The van der Waals surface area contributed by atoms with Gasteiger partial charge in [0.1, 0.15) is 0 Å². The van der Waals surface area contributed by atoms with Gasteiger partial charge in [-0.3, -0.25) is 0 Å². The van der Waals surface area contributed by atoms with E-state index in [4.69, 9.17) is 16.1 Å². The van der Waals surface area contributed by atoms with Gasteiger partial charge in [-0.1, -0.05) is 35.0 Å². The van der Waals surface area contributed by atoms with Gasteiger partial charge in [-0.25, -0.2) is 0 Å². The Hall–Kier alpha value is -1.43. The third kappa shape index (κ3) is 3.48. The van der Waals surface area contributed by atoms with E-state index in [1.54, 1.807) is 0 Å². The second kappa shape index (κ2) is 6.77. The zero-order valence-corrected chi connectivity index (χ0v) is 13.3. The minimum Gasteiger partial charge on any atom is -0.387 e. The number of aryl methyl sites for hydroxylation is 1. The molecule has 6 heteroatoms. The highest BCUT2D eigenvalue weighted by molar-refractivity contribution is 6.31. The summed E-state index contributed by atoms with van der Waals surface area (Å²) in [6, 6.07) is 7.45. The van der Waals surface area contributed by atoms with Crippen LogP contribution < -0.4 is 0 Å². The average molecular weight is 322 g/mol. The van der Waals surface area contributed by atoms with E-state index in [1.807, 2.05) is 31.2 Å². The molecule has 0 saturated carbocycles. The quantitative estimate of drug-likeness (QED) is 0.938. The molecule has 0 amide bonds. The monoisotopic (exact) mass is 321 g/mol. The predicted octanol–water partition coefficient (Wildman–Crippen LogP) is 2.94. The number of aliphatic hydroxyl groups is 1. The summed E-state index contributed by atoms with van der Waals surface area (Å²) in [5.41, 5.74) is 0.791. The number of hydrogen-bond donors (Lipinski definition) is 1. The summed E-state index contributed by atoms with van der Waals surface area (Å²) in [5, 5.41) is 14.8. The summed E-state index contributed by atoms with van der Waals surface area (Å²) in [5.74, 6) is 1.75. The van der Waals surface area contributed by atoms with Crippen molar-refractivity contribution >= 4 is 11.6 Å². The highest BCUT2D eigenvalue weighted by Gasteiger charge is 2.26. The lowest BCUT2D eigenvalue weighted by molar-refractivity contribution is 0.0942. The van der Waals surface area contributed by atoms with Crippen molar-refractivity contribution in [3.05, 3.63) is 46.6 Å². The molecule has 0 bridgehead atoms. The molecule has 1 N–H and O–H groups in total.